The van der Waals surface area contributed by atoms with E-state index in [-0.39, 0.29) is 29.3 Å². The number of piperidine rings is 1. The van der Waals surface area contributed by atoms with Crippen LogP contribution in [0.15, 0.2) is 24.3 Å². The number of nitrogens with one attached hydrogen (secondary N) is 1. The fourth-order valence-corrected chi connectivity index (χ4v) is 3.28. The van der Waals surface area contributed by atoms with Crippen molar-refractivity contribution in [3.05, 3.63) is 35.6 Å². The zero-order chi connectivity index (χ0) is 13.3. The van der Waals surface area contributed by atoms with Gasteiger partial charge in [-0.2, -0.15) is 0 Å². The van der Waals surface area contributed by atoms with E-state index in [4.69, 9.17) is 0 Å². The second-order valence-electron chi connectivity index (χ2n) is 5.71. The molecular formula is C15H20ClFN2O. The van der Waals surface area contributed by atoms with Crippen LogP contribution in [-0.4, -0.2) is 37.0 Å². The first kappa shape index (κ1) is 15.3. The van der Waals surface area contributed by atoms with E-state index in [1.165, 1.54) is 6.07 Å². The Bertz CT molecular complexity index is 489. The summed E-state index contributed by atoms with van der Waals surface area (Å²) in [4.78, 5) is 14.2. The molecule has 0 aromatic heterocycles. The molecule has 2 aliphatic heterocycles. The van der Waals surface area contributed by atoms with Crippen LogP contribution in [0.1, 0.15) is 29.6 Å². The van der Waals surface area contributed by atoms with Crippen LogP contribution >= 0.6 is 12.4 Å². The number of halogens is 2. The molecule has 0 bridgehead atoms. The van der Waals surface area contributed by atoms with Crippen molar-refractivity contribution in [3.8, 4) is 0 Å². The molecule has 2 saturated heterocycles. The van der Waals surface area contributed by atoms with E-state index in [9.17, 15) is 9.18 Å². The number of likely N-dealkylation sites (tertiary alicyclic amines) is 1. The molecule has 20 heavy (non-hydrogen) atoms. The fraction of sp³-hybridized carbons (Fsp3) is 0.533. The monoisotopic (exact) mass is 298 g/mol. The summed E-state index contributed by atoms with van der Waals surface area (Å²) in [7, 11) is 0. The predicted molar refractivity (Wildman–Crippen MR) is 78.7 cm³/mol. The van der Waals surface area contributed by atoms with Crippen LogP contribution < -0.4 is 5.32 Å². The van der Waals surface area contributed by atoms with Crippen LogP contribution in [0.2, 0.25) is 0 Å². The maximum atomic E-state index is 13.7. The number of hydrogen-bond acceptors (Lipinski definition) is 2. The number of rotatable bonds is 1. The molecule has 1 N–H and O–H groups in total. The van der Waals surface area contributed by atoms with Gasteiger partial charge >= 0.3 is 0 Å². The summed E-state index contributed by atoms with van der Waals surface area (Å²) in [6.45, 7) is 3.60. The van der Waals surface area contributed by atoms with Crippen molar-refractivity contribution in [2.24, 2.45) is 5.41 Å². The van der Waals surface area contributed by atoms with Crippen molar-refractivity contribution in [3.63, 3.8) is 0 Å². The molecule has 110 valence electrons. The van der Waals surface area contributed by atoms with Gasteiger partial charge in [0.15, 0.2) is 0 Å². The average Bonchev–Trinajstić information content (AvgIpc) is 2.83. The Kier molecular flexibility index (Phi) is 4.66. The van der Waals surface area contributed by atoms with Crippen molar-refractivity contribution in [2.75, 3.05) is 26.2 Å². The third kappa shape index (κ3) is 2.81. The lowest BCUT2D eigenvalue weighted by atomic mass is 9.78. The summed E-state index contributed by atoms with van der Waals surface area (Å²) in [6, 6.07) is 6.26. The van der Waals surface area contributed by atoms with Crippen LogP contribution in [0.25, 0.3) is 0 Å². The molecule has 0 atom stereocenters. The topological polar surface area (TPSA) is 32.3 Å². The molecule has 0 radical (unpaired) electrons. The molecule has 0 aliphatic carbocycles. The Morgan fingerprint density at radius 3 is 2.60 bits per heavy atom. The van der Waals surface area contributed by atoms with E-state index >= 15 is 0 Å². The van der Waals surface area contributed by atoms with Crippen LogP contribution in [0.5, 0.6) is 0 Å². The Morgan fingerprint density at radius 1 is 1.20 bits per heavy atom. The molecule has 0 unspecified atom stereocenters. The molecule has 1 spiro atoms. The van der Waals surface area contributed by atoms with Crippen molar-refractivity contribution in [1.29, 1.82) is 0 Å². The minimum atomic E-state index is -0.418. The Morgan fingerprint density at radius 2 is 1.90 bits per heavy atom. The highest BCUT2D eigenvalue weighted by atomic mass is 35.5. The lowest BCUT2D eigenvalue weighted by Gasteiger charge is -2.33. The Hall–Kier alpha value is -1.13. The third-order valence-electron chi connectivity index (χ3n) is 4.49. The highest BCUT2D eigenvalue weighted by Crippen LogP contribution is 2.39. The van der Waals surface area contributed by atoms with Crippen molar-refractivity contribution < 1.29 is 9.18 Å². The molecule has 5 heteroatoms. The Balaban J connectivity index is 0.00000147. The first-order chi connectivity index (χ1) is 9.20. The standard InChI is InChI=1S/C15H19FN2O.ClH/c16-13-4-2-1-3-12(13)14(19)18-10-7-15(11-18)5-8-17-9-6-15;/h1-4,17H,5-11H2;1H. The van der Waals surface area contributed by atoms with Gasteiger partial charge in [-0.15, -0.1) is 12.4 Å². The van der Waals surface area contributed by atoms with Gasteiger partial charge in [-0.25, -0.2) is 4.39 Å². The number of carbonyl (C=O) groups excluding carboxylic acids is 1. The quantitative estimate of drug-likeness (QED) is 0.864. The van der Waals surface area contributed by atoms with E-state index in [0.29, 0.717) is 0 Å². The van der Waals surface area contributed by atoms with Crippen molar-refractivity contribution in [2.45, 2.75) is 19.3 Å². The summed E-state index contributed by atoms with van der Waals surface area (Å²) in [5, 5.41) is 3.36. The molecule has 2 fully saturated rings. The molecule has 2 heterocycles. The zero-order valence-electron chi connectivity index (χ0n) is 11.4. The molecule has 1 aromatic rings. The number of carbonyl (C=O) groups is 1. The van der Waals surface area contributed by atoms with Crippen LogP contribution in [0.3, 0.4) is 0 Å². The first-order valence-electron chi connectivity index (χ1n) is 6.95. The van der Waals surface area contributed by atoms with Crippen molar-refractivity contribution >= 4 is 18.3 Å². The first-order valence-corrected chi connectivity index (χ1v) is 6.95. The van der Waals surface area contributed by atoms with Gasteiger partial charge in [0.05, 0.1) is 5.56 Å². The second kappa shape index (κ2) is 6.10. The normalized spacial score (nSPS) is 20.8. The van der Waals surface area contributed by atoms with E-state index in [1.54, 1.807) is 18.2 Å². The molecule has 3 rings (SSSR count). The van der Waals surface area contributed by atoms with Crippen molar-refractivity contribution in [1.82, 2.24) is 10.2 Å². The maximum absolute atomic E-state index is 13.7. The highest BCUT2D eigenvalue weighted by Gasteiger charge is 2.40. The molecule has 2 aliphatic rings. The minimum absolute atomic E-state index is 0. The van der Waals surface area contributed by atoms with Gasteiger partial charge in [0.1, 0.15) is 5.82 Å². The largest absolute Gasteiger partial charge is 0.338 e. The van der Waals surface area contributed by atoms with Crippen LogP contribution in [0.4, 0.5) is 4.39 Å². The number of nitrogens with zero attached hydrogens (tertiary/aromatic N) is 1. The van der Waals surface area contributed by atoms with Gasteiger partial charge in [0, 0.05) is 13.1 Å². The van der Waals surface area contributed by atoms with E-state index in [0.717, 1.165) is 45.4 Å². The molecule has 1 amide bonds. The predicted octanol–water partition coefficient (Wildman–Crippen LogP) is 2.46. The van der Waals surface area contributed by atoms with Gasteiger partial charge in [-0.05, 0) is 49.9 Å². The van der Waals surface area contributed by atoms with Crippen LogP contribution in [-0.2, 0) is 0 Å². The number of benzene rings is 1. The zero-order valence-corrected chi connectivity index (χ0v) is 12.2. The third-order valence-corrected chi connectivity index (χ3v) is 4.49. The van der Waals surface area contributed by atoms with Gasteiger partial charge in [0.2, 0.25) is 0 Å². The average molecular weight is 299 g/mol. The second-order valence-corrected chi connectivity index (χ2v) is 5.71. The van der Waals surface area contributed by atoms with E-state index in [1.807, 2.05) is 4.90 Å². The van der Waals surface area contributed by atoms with E-state index < -0.39 is 5.82 Å². The fourth-order valence-electron chi connectivity index (χ4n) is 3.28. The molecule has 1 aromatic carbocycles. The van der Waals surface area contributed by atoms with E-state index in [2.05, 4.69) is 5.32 Å². The lowest BCUT2D eigenvalue weighted by molar-refractivity contribution is 0.0757. The number of hydrogen-bond donors (Lipinski definition) is 1. The minimum Gasteiger partial charge on any atom is -0.338 e. The van der Waals surface area contributed by atoms with Gasteiger partial charge in [-0.1, -0.05) is 12.1 Å². The summed E-state index contributed by atoms with van der Waals surface area (Å²) < 4.78 is 13.7. The molecule has 0 saturated carbocycles. The molecule has 3 nitrogen and oxygen atoms in total. The maximum Gasteiger partial charge on any atom is 0.256 e. The van der Waals surface area contributed by atoms with Gasteiger partial charge < -0.3 is 10.2 Å². The van der Waals surface area contributed by atoms with Crippen LogP contribution in [0, 0.1) is 11.2 Å². The summed E-state index contributed by atoms with van der Waals surface area (Å²) in [5.74, 6) is -0.577. The Labute approximate surface area is 124 Å². The molecular weight excluding hydrogens is 279 g/mol. The smallest absolute Gasteiger partial charge is 0.256 e. The lowest BCUT2D eigenvalue weighted by Crippen LogP contribution is -2.39. The van der Waals surface area contributed by atoms with Gasteiger partial charge in [-0.3, -0.25) is 4.79 Å². The highest BCUT2D eigenvalue weighted by molar-refractivity contribution is 5.94. The van der Waals surface area contributed by atoms with Gasteiger partial charge in [0.25, 0.3) is 5.91 Å². The summed E-state index contributed by atoms with van der Waals surface area (Å²) in [5.41, 5.74) is 0.472. The summed E-state index contributed by atoms with van der Waals surface area (Å²) >= 11 is 0. The SMILES string of the molecule is Cl.O=C(c1ccccc1F)N1CCC2(CCNCC2)C1. The number of amides is 1. The summed E-state index contributed by atoms with van der Waals surface area (Å²) in [6.07, 6.45) is 3.29.